The molecule has 0 aliphatic heterocycles. The molecule has 0 spiro atoms. The molecule has 8 heavy (non-hydrogen) atoms. The molecule has 0 bridgehead atoms. The average Bonchev–Trinajstić information content (AvgIpc) is 1.64. The lowest BCUT2D eigenvalue weighted by molar-refractivity contribution is 0.332. The fourth-order valence-electron chi connectivity index (χ4n) is 0.190. The van der Waals surface area contributed by atoms with E-state index in [9.17, 15) is 13.2 Å². The third kappa shape index (κ3) is 1.86. The fraction of sp³-hybridized carbons (Fsp3) is 0.500. The maximum atomic E-state index is 11.7. The molecule has 1 unspecified atom stereocenters. The van der Waals surface area contributed by atoms with E-state index >= 15 is 0 Å². The van der Waals surface area contributed by atoms with Crippen LogP contribution in [-0.4, -0.2) is 6.17 Å². The molecule has 0 heterocycles. The van der Waals surface area contributed by atoms with Crippen molar-refractivity contribution < 1.29 is 13.2 Å². The molecule has 2 N–H and O–H groups in total. The highest BCUT2D eigenvalue weighted by atomic mass is 19.2. The van der Waals surface area contributed by atoms with Crippen LogP contribution in [0.2, 0.25) is 0 Å². The molecule has 0 saturated carbocycles. The summed E-state index contributed by atoms with van der Waals surface area (Å²) in [5.74, 6) is -3.12. The summed E-state index contributed by atoms with van der Waals surface area (Å²) in [6.45, 7) is 0.863. The van der Waals surface area contributed by atoms with Gasteiger partial charge in [0, 0.05) is 0 Å². The summed E-state index contributed by atoms with van der Waals surface area (Å²) in [5, 5.41) is 0. The maximum Gasteiger partial charge on any atom is 0.219 e. The number of alkyl halides is 1. The van der Waals surface area contributed by atoms with Gasteiger partial charge in [-0.3, -0.25) is 0 Å². The van der Waals surface area contributed by atoms with E-state index in [0.717, 1.165) is 6.92 Å². The molecule has 48 valence electrons. The second kappa shape index (κ2) is 2.59. The van der Waals surface area contributed by atoms with Gasteiger partial charge in [0.1, 0.15) is 0 Å². The van der Waals surface area contributed by atoms with E-state index in [1.54, 1.807) is 0 Å². The zero-order chi connectivity index (χ0) is 6.73. The molecule has 0 fully saturated rings. The van der Waals surface area contributed by atoms with Crippen molar-refractivity contribution in [2.45, 2.75) is 13.1 Å². The lowest BCUT2D eigenvalue weighted by atomic mass is 10.4. The van der Waals surface area contributed by atoms with Crippen LogP contribution in [0.3, 0.4) is 0 Å². The molecule has 0 rings (SSSR count). The van der Waals surface area contributed by atoms with Crippen LogP contribution in [0.5, 0.6) is 0 Å². The number of rotatable bonds is 1. The van der Waals surface area contributed by atoms with Crippen molar-refractivity contribution in [3.05, 3.63) is 11.8 Å². The van der Waals surface area contributed by atoms with E-state index in [1.165, 1.54) is 0 Å². The molecular weight excluding hydrogens is 119 g/mol. The number of hydrogen-bond donors (Lipinski definition) is 1. The molecule has 0 amide bonds. The molecule has 0 aliphatic rings. The van der Waals surface area contributed by atoms with Gasteiger partial charge in [-0.05, 0) is 6.92 Å². The monoisotopic (exact) mass is 125 g/mol. The highest BCUT2D eigenvalue weighted by Crippen LogP contribution is 2.09. The molecule has 0 aromatic carbocycles. The van der Waals surface area contributed by atoms with Crippen LogP contribution in [0.1, 0.15) is 6.92 Å². The first-order valence-corrected chi connectivity index (χ1v) is 2.00. The average molecular weight is 125 g/mol. The molecule has 0 aromatic rings. The minimum atomic E-state index is -1.94. The highest BCUT2D eigenvalue weighted by molar-refractivity contribution is 4.99. The number of halogens is 3. The highest BCUT2D eigenvalue weighted by Gasteiger charge is 2.09. The van der Waals surface area contributed by atoms with Gasteiger partial charge in [0.25, 0.3) is 0 Å². The van der Waals surface area contributed by atoms with Crippen molar-refractivity contribution >= 4 is 0 Å². The summed E-state index contributed by atoms with van der Waals surface area (Å²) in [6.07, 6.45) is -1.94. The zero-order valence-corrected chi connectivity index (χ0v) is 4.29. The Bertz CT molecular complexity index is 104. The van der Waals surface area contributed by atoms with Crippen LogP contribution >= 0.6 is 0 Å². The van der Waals surface area contributed by atoms with E-state index < -0.39 is 17.9 Å². The third-order valence-corrected chi connectivity index (χ3v) is 0.577. The van der Waals surface area contributed by atoms with Crippen LogP contribution in [-0.2, 0) is 0 Å². The summed E-state index contributed by atoms with van der Waals surface area (Å²) in [4.78, 5) is 0. The van der Waals surface area contributed by atoms with Crippen molar-refractivity contribution in [3.63, 3.8) is 0 Å². The van der Waals surface area contributed by atoms with Gasteiger partial charge in [-0.25, -0.2) is 8.78 Å². The van der Waals surface area contributed by atoms with Crippen molar-refractivity contribution in [2.24, 2.45) is 5.73 Å². The van der Waals surface area contributed by atoms with Crippen LogP contribution in [0.15, 0.2) is 11.8 Å². The quantitative estimate of drug-likeness (QED) is 0.527. The van der Waals surface area contributed by atoms with E-state index in [2.05, 4.69) is 5.73 Å². The van der Waals surface area contributed by atoms with Gasteiger partial charge in [0.15, 0.2) is 12.0 Å². The van der Waals surface area contributed by atoms with E-state index in [1.807, 2.05) is 0 Å². The topological polar surface area (TPSA) is 26.0 Å². The minimum absolute atomic E-state index is 0.863. The summed E-state index contributed by atoms with van der Waals surface area (Å²) in [7, 11) is 0. The van der Waals surface area contributed by atoms with Crippen LogP contribution in [0.4, 0.5) is 13.2 Å². The van der Waals surface area contributed by atoms with E-state index in [0.29, 0.717) is 0 Å². The second-order valence-corrected chi connectivity index (χ2v) is 1.31. The number of allylic oxidation sites excluding steroid dienone is 1. The Morgan fingerprint density at radius 1 is 1.50 bits per heavy atom. The lowest BCUT2D eigenvalue weighted by Gasteiger charge is -1.94. The van der Waals surface area contributed by atoms with E-state index in [-0.39, 0.29) is 0 Å². The largest absolute Gasteiger partial charge is 0.373 e. The molecule has 1 atom stereocenters. The number of hydrogen-bond acceptors (Lipinski definition) is 1. The molecule has 0 radical (unpaired) electrons. The van der Waals surface area contributed by atoms with Gasteiger partial charge in [0.2, 0.25) is 5.95 Å². The Kier molecular flexibility index (Phi) is 2.37. The minimum Gasteiger partial charge on any atom is -0.373 e. The Labute approximate surface area is 45.0 Å². The van der Waals surface area contributed by atoms with Gasteiger partial charge in [-0.1, -0.05) is 0 Å². The smallest absolute Gasteiger partial charge is 0.219 e. The molecule has 0 saturated heterocycles. The maximum absolute atomic E-state index is 11.7. The summed E-state index contributed by atoms with van der Waals surface area (Å²) in [6, 6.07) is 0. The van der Waals surface area contributed by atoms with Crippen molar-refractivity contribution in [1.29, 1.82) is 0 Å². The number of nitrogens with two attached hydrogens (primary N) is 1. The first-order valence-electron chi connectivity index (χ1n) is 2.00. The Balaban J connectivity index is 4.00. The predicted octanol–water partition coefficient (Wildman–Crippen LogP) is 1.41. The molecular formula is C4H6F3N. The van der Waals surface area contributed by atoms with Gasteiger partial charge >= 0.3 is 0 Å². The van der Waals surface area contributed by atoms with Gasteiger partial charge in [0.05, 0.1) is 0 Å². The summed E-state index contributed by atoms with van der Waals surface area (Å²) >= 11 is 0. The molecule has 4 heteroatoms. The van der Waals surface area contributed by atoms with Crippen molar-refractivity contribution in [2.75, 3.05) is 0 Å². The van der Waals surface area contributed by atoms with Crippen molar-refractivity contribution in [3.8, 4) is 0 Å². The standard InChI is InChI=1S/C4H6F3N/c1-2(5)3(6)4(7)8/h2H,8H2,1H3/b4-3-. The predicted molar refractivity (Wildman–Crippen MR) is 24.0 cm³/mol. The molecule has 0 aromatic heterocycles. The Hall–Kier alpha value is -0.670. The van der Waals surface area contributed by atoms with Gasteiger partial charge in [-0.15, -0.1) is 0 Å². The first-order chi connectivity index (χ1) is 3.55. The summed E-state index contributed by atoms with van der Waals surface area (Å²) in [5.41, 5.74) is 4.23. The third-order valence-electron chi connectivity index (χ3n) is 0.577. The Morgan fingerprint density at radius 3 is 1.88 bits per heavy atom. The van der Waals surface area contributed by atoms with Gasteiger partial charge < -0.3 is 5.73 Å². The van der Waals surface area contributed by atoms with Crippen LogP contribution in [0, 0.1) is 0 Å². The SMILES string of the molecule is CC(F)/C(F)=C(/N)F. The molecule has 0 aliphatic carbocycles. The van der Waals surface area contributed by atoms with E-state index in [4.69, 9.17) is 0 Å². The Morgan fingerprint density at radius 2 is 1.88 bits per heavy atom. The van der Waals surface area contributed by atoms with Crippen LogP contribution in [0.25, 0.3) is 0 Å². The van der Waals surface area contributed by atoms with Gasteiger partial charge in [-0.2, -0.15) is 4.39 Å². The normalized spacial score (nSPS) is 17.5. The first kappa shape index (κ1) is 7.33. The molecule has 1 nitrogen and oxygen atoms in total. The zero-order valence-electron chi connectivity index (χ0n) is 4.29. The lowest BCUT2D eigenvalue weighted by Crippen LogP contribution is -2.01. The fourth-order valence-corrected chi connectivity index (χ4v) is 0.190. The van der Waals surface area contributed by atoms with Crippen LogP contribution < -0.4 is 5.73 Å². The second-order valence-electron chi connectivity index (χ2n) is 1.31. The summed E-state index contributed by atoms with van der Waals surface area (Å²) < 4.78 is 34.6. The van der Waals surface area contributed by atoms with Crippen molar-refractivity contribution in [1.82, 2.24) is 0 Å².